The summed E-state index contributed by atoms with van der Waals surface area (Å²) in [6.07, 6.45) is 2.26. The summed E-state index contributed by atoms with van der Waals surface area (Å²) in [7, 11) is 4.22. The lowest BCUT2D eigenvalue weighted by Gasteiger charge is -2.12. The molecule has 2 aromatic carbocycles. The standard InChI is InChI=1S/C17H16N3S2/c1-19-12-5-3-4-6-14(12)21-16(19)10-17-20(2)13-9-11(18)7-8-15(13)22-17/h3-10H,18H2,1-2H3/q+1. The van der Waals surface area contributed by atoms with Crippen molar-refractivity contribution in [2.75, 3.05) is 17.7 Å². The Balaban J connectivity index is 1.79. The second-order valence-corrected chi connectivity index (χ2v) is 7.46. The van der Waals surface area contributed by atoms with Crippen molar-refractivity contribution in [3.63, 3.8) is 0 Å². The number of benzene rings is 2. The molecule has 3 nitrogen and oxygen atoms in total. The van der Waals surface area contributed by atoms with Gasteiger partial charge in [-0.2, -0.15) is 4.57 Å². The van der Waals surface area contributed by atoms with Gasteiger partial charge < -0.3 is 10.6 Å². The SMILES string of the molecule is CN1/C(=C/c2sc3ccccc3[n+]2C)Sc2ccc(N)cc21. The lowest BCUT2D eigenvalue weighted by Crippen LogP contribution is -2.29. The van der Waals surface area contributed by atoms with Crippen LogP contribution >= 0.6 is 23.1 Å². The number of thioether (sulfide) groups is 1. The highest BCUT2D eigenvalue weighted by Crippen LogP contribution is 2.46. The van der Waals surface area contributed by atoms with Crippen LogP contribution in [0.4, 0.5) is 11.4 Å². The molecule has 0 amide bonds. The van der Waals surface area contributed by atoms with Gasteiger partial charge in [-0.15, -0.1) is 0 Å². The van der Waals surface area contributed by atoms with E-state index >= 15 is 0 Å². The Morgan fingerprint density at radius 1 is 1.18 bits per heavy atom. The number of aromatic nitrogens is 1. The molecule has 22 heavy (non-hydrogen) atoms. The minimum atomic E-state index is 0.805. The van der Waals surface area contributed by atoms with Crippen LogP contribution in [0.3, 0.4) is 0 Å². The van der Waals surface area contributed by atoms with Crippen LogP contribution in [0.25, 0.3) is 16.3 Å². The van der Waals surface area contributed by atoms with Crippen LogP contribution < -0.4 is 15.2 Å². The topological polar surface area (TPSA) is 33.1 Å². The first-order valence-electron chi connectivity index (χ1n) is 7.04. The molecule has 0 fully saturated rings. The van der Waals surface area contributed by atoms with Crippen molar-refractivity contribution in [2.45, 2.75) is 4.90 Å². The summed E-state index contributed by atoms with van der Waals surface area (Å²) in [4.78, 5) is 3.47. The van der Waals surface area contributed by atoms with Gasteiger partial charge in [-0.05, 0) is 24.3 Å². The fraction of sp³-hybridized carbons (Fsp3) is 0.118. The normalized spacial score (nSPS) is 15.7. The first-order valence-corrected chi connectivity index (χ1v) is 8.67. The Morgan fingerprint density at radius 2 is 2.00 bits per heavy atom. The monoisotopic (exact) mass is 326 g/mol. The molecule has 1 aliphatic rings. The van der Waals surface area contributed by atoms with Crippen molar-refractivity contribution in [3.8, 4) is 0 Å². The van der Waals surface area contributed by atoms with Crippen LogP contribution in [0, 0.1) is 0 Å². The second-order valence-electron chi connectivity index (χ2n) is 5.34. The molecule has 110 valence electrons. The summed E-state index contributed by atoms with van der Waals surface area (Å²) in [5.74, 6) is 0. The quantitative estimate of drug-likeness (QED) is 0.545. The van der Waals surface area contributed by atoms with E-state index in [1.54, 1.807) is 11.8 Å². The number of anilines is 2. The van der Waals surface area contributed by atoms with Gasteiger partial charge in [0.2, 0.25) is 5.52 Å². The maximum absolute atomic E-state index is 5.91. The highest BCUT2D eigenvalue weighted by molar-refractivity contribution is 8.03. The van der Waals surface area contributed by atoms with Gasteiger partial charge in [-0.1, -0.05) is 35.2 Å². The van der Waals surface area contributed by atoms with Gasteiger partial charge in [-0.25, -0.2) is 0 Å². The number of hydrogen-bond acceptors (Lipinski definition) is 4. The lowest BCUT2D eigenvalue weighted by molar-refractivity contribution is -0.642. The summed E-state index contributed by atoms with van der Waals surface area (Å²) in [5, 5.41) is 2.47. The molecule has 0 atom stereocenters. The van der Waals surface area contributed by atoms with E-state index in [1.807, 2.05) is 23.5 Å². The molecule has 1 aromatic heterocycles. The smallest absolute Gasteiger partial charge is 0.265 e. The van der Waals surface area contributed by atoms with Crippen molar-refractivity contribution >= 4 is 50.8 Å². The molecule has 2 N–H and O–H groups in total. The Kier molecular flexibility index (Phi) is 3.13. The lowest BCUT2D eigenvalue weighted by atomic mass is 10.2. The molecule has 5 heteroatoms. The third-order valence-electron chi connectivity index (χ3n) is 3.91. The van der Waals surface area contributed by atoms with E-state index in [0.717, 1.165) is 5.69 Å². The fourth-order valence-corrected chi connectivity index (χ4v) is 4.89. The van der Waals surface area contributed by atoms with Gasteiger partial charge in [0.25, 0.3) is 5.01 Å². The average molecular weight is 326 g/mol. The van der Waals surface area contributed by atoms with Crippen molar-refractivity contribution < 1.29 is 4.57 Å². The van der Waals surface area contributed by atoms with Gasteiger partial charge in [0.1, 0.15) is 11.7 Å². The second kappa shape index (κ2) is 5.04. The first kappa shape index (κ1) is 13.7. The molecular formula is C17H16N3S2+. The molecule has 0 aliphatic carbocycles. The molecule has 1 aliphatic heterocycles. The van der Waals surface area contributed by atoms with E-state index in [2.05, 4.69) is 60.0 Å². The van der Waals surface area contributed by atoms with Crippen LogP contribution in [0.15, 0.2) is 52.4 Å². The Labute approximate surface area is 137 Å². The van der Waals surface area contributed by atoms with Crippen molar-refractivity contribution in [1.82, 2.24) is 0 Å². The third kappa shape index (κ3) is 2.09. The first-order chi connectivity index (χ1) is 10.6. The maximum atomic E-state index is 5.91. The molecule has 0 spiro atoms. The van der Waals surface area contributed by atoms with Gasteiger partial charge in [0.05, 0.1) is 16.8 Å². The zero-order valence-electron chi connectivity index (χ0n) is 12.4. The van der Waals surface area contributed by atoms with E-state index < -0.39 is 0 Å². The van der Waals surface area contributed by atoms with Gasteiger partial charge in [0, 0.05) is 23.7 Å². The summed E-state index contributed by atoms with van der Waals surface area (Å²) in [6.45, 7) is 0. The highest BCUT2D eigenvalue weighted by Gasteiger charge is 2.24. The number of nitrogen functional groups attached to an aromatic ring is 1. The van der Waals surface area contributed by atoms with E-state index in [9.17, 15) is 0 Å². The number of aryl methyl sites for hydroxylation is 1. The Hall–Kier alpha value is -1.98. The number of para-hydroxylation sites is 1. The zero-order chi connectivity index (χ0) is 15.3. The number of thiazole rings is 1. The molecule has 4 rings (SSSR count). The summed E-state index contributed by atoms with van der Waals surface area (Å²) >= 11 is 3.61. The van der Waals surface area contributed by atoms with Crippen LogP contribution in [0.2, 0.25) is 0 Å². The van der Waals surface area contributed by atoms with E-state index in [-0.39, 0.29) is 0 Å². The Morgan fingerprint density at radius 3 is 2.82 bits per heavy atom. The number of nitrogens with zero attached hydrogens (tertiary/aromatic N) is 2. The van der Waals surface area contributed by atoms with Crippen molar-refractivity contribution in [3.05, 3.63) is 52.5 Å². The summed E-state index contributed by atoms with van der Waals surface area (Å²) in [6, 6.07) is 14.6. The summed E-state index contributed by atoms with van der Waals surface area (Å²) < 4.78 is 3.56. The average Bonchev–Trinajstić information content (AvgIpc) is 2.99. The Bertz CT molecular complexity index is 911. The number of fused-ring (bicyclic) bond motifs is 2. The number of hydrogen-bond donors (Lipinski definition) is 1. The minimum absolute atomic E-state index is 0.805. The molecule has 0 saturated carbocycles. The van der Waals surface area contributed by atoms with E-state index in [4.69, 9.17) is 5.73 Å². The molecular weight excluding hydrogens is 310 g/mol. The largest absolute Gasteiger partial charge is 0.399 e. The van der Waals surface area contributed by atoms with Crippen molar-refractivity contribution in [2.24, 2.45) is 7.05 Å². The molecule has 0 radical (unpaired) electrons. The predicted molar refractivity (Wildman–Crippen MR) is 96.1 cm³/mol. The van der Waals surface area contributed by atoms with E-state index in [0.29, 0.717) is 0 Å². The van der Waals surface area contributed by atoms with Crippen LogP contribution in [-0.4, -0.2) is 7.05 Å². The highest BCUT2D eigenvalue weighted by atomic mass is 32.2. The van der Waals surface area contributed by atoms with Gasteiger partial charge in [-0.3, -0.25) is 0 Å². The molecule has 0 saturated heterocycles. The van der Waals surface area contributed by atoms with Gasteiger partial charge >= 0.3 is 0 Å². The van der Waals surface area contributed by atoms with Crippen LogP contribution in [-0.2, 0) is 7.05 Å². The van der Waals surface area contributed by atoms with Crippen molar-refractivity contribution in [1.29, 1.82) is 0 Å². The van der Waals surface area contributed by atoms with E-state index in [1.165, 1.54) is 30.8 Å². The fourth-order valence-electron chi connectivity index (χ4n) is 2.66. The predicted octanol–water partition coefficient (Wildman–Crippen LogP) is 3.85. The van der Waals surface area contributed by atoms with Gasteiger partial charge in [0.15, 0.2) is 0 Å². The summed E-state index contributed by atoms with van der Waals surface area (Å²) in [5.41, 5.74) is 9.16. The molecule has 0 bridgehead atoms. The molecule has 0 unspecified atom stereocenters. The van der Waals surface area contributed by atoms with Crippen LogP contribution in [0.5, 0.6) is 0 Å². The number of rotatable bonds is 1. The minimum Gasteiger partial charge on any atom is -0.399 e. The molecule has 2 heterocycles. The number of nitrogens with two attached hydrogens (primary N) is 1. The zero-order valence-corrected chi connectivity index (χ0v) is 14.0. The van der Waals surface area contributed by atoms with Crippen LogP contribution in [0.1, 0.15) is 5.01 Å². The molecule has 3 aromatic rings. The third-order valence-corrected chi connectivity index (χ3v) is 6.24. The maximum Gasteiger partial charge on any atom is 0.265 e.